The number of hydrogen-bond acceptors (Lipinski definition) is 6. The Hall–Kier alpha value is -2.28. The molecule has 7 heteroatoms. The monoisotopic (exact) mass is 259 g/mol. The Morgan fingerprint density at radius 2 is 2.32 bits per heavy atom. The highest BCUT2D eigenvalue weighted by Gasteiger charge is 2.18. The third-order valence-corrected chi connectivity index (χ3v) is 2.86. The second-order valence-corrected chi connectivity index (χ2v) is 4.23. The van der Waals surface area contributed by atoms with E-state index in [0.29, 0.717) is 23.7 Å². The van der Waals surface area contributed by atoms with Crippen molar-refractivity contribution >= 4 is 5.52 Å². The number of fused-ring (bicyclic) bond motifs is 1. The predicted octanol–water partition coefficient (Wildman–Crippen LogP) is 1.61. The van der Waals surface area contributed by atoms with E-state index in [2.05, 4.69) is 20.2 Å². The molecule has 3 aromatic rings. The molecule has 1 atom stereocenters. The summed E-state index contributed by atoms with van der Waals surface area (Å²) < 4.78 is 6.86. The largest absolute Gasteiger partial charge is 0.385 e. The minimum Gasteiger partial charge on any atom is -0.385 e. The van der Waals surface area contributed by atoms with Crippen molar-refractivity contribution in [3.05, 3.63) is 30.6 Å². The van der Waals surface area contributed by atoms with Gasteiger partial charge in [-0.15, -0.1) is 0 Å². The Morgan fingerprint density at radius 3 is 3.16 bits per heavy atom. The first-order valence-corrected chi connectivity index (χ1v) is 6.09. The standard InChI is InChI=1S/C12H13N5O2/c1-2-3-10(18)11-15-12(19-16-11)8-6-14-17-5-4-13-7-9(8)17/h4-7,10,18H,2-3H2,1H3. The quantitative estimate of drug-likeness (QED) is 0.765. The van der Waals surface area contributed by atoms with E-state index < -0.39 is 6.10 Å². The highest BCUT2D eigenvalue weighted by atomic mass is 16.5. The SMILES string of the molecule is CCCC(O)c1noc(-c2cnn3ccncc23)n1. The molecular weight excluding hydrogens is 246 g/mol. The third kappa shape index (κ3) is 2.08. The zero-order chi connectivity index (χ0) is 13.2. The van der Waals surface area contributed by atoms with Crippen LogP contribution in [0.15, 0.2) is 29.3 Å². The predicted molar refractivity (Wildman–Crippen MR) is 66.1 cm³/mol. The molecule has 0 radical (unpaired) electrons. The number of aliphatic hydroxyl groups is 1. The molecule has 19 heavy (non-hydrogen) atoms. The molecule has 0 bridgehead atoms. The van der Waals surface area contributed by atoms with Crippen molar-refractivity contribution in [1.29, 1.82) is 0 Å². The summed E-state index contributed by atoms with van der Waals surface area (Å²) in [5, 5.41) is 17.8. The number of nitrogens with zero attached hydrogens (tertiary/aromatic N) is 5. The molecule has 0 aliphatic rings. The van der Waals surface area contributed by atoms with Crippen LogP contribution in [0.5, 0.6) is 0 Å². The number of aromatic nitrogens is 5. The van der Waals surface area contributed by atoms with Crippen molar-refractivity contribution in [3.63, 3.8) is 0 Å². The molecule has 0 saturated carbocycles. The van der Waals surface area contributed by atoms with Crippen molar-refractivity contribution in [2.75, 3.05) is 0 Å². The fraction of sp³-hybridized carbons (Fsp3) is 0.333. The molecule has 0 amide bonds. The van der Waals surface area contributed by atoms with Crippen LogP contribution in [-0.4, -0.2) is 29.8 Å². The van der Waals surface area contributed by atoms with Gasteiger partial charge in [0, 0.05) is 12.4 Å². The van der Waals surface area contributed by atoms with Gasteiger partial charge in [0.25, 0.3) is 5.89 Å². The van der Waals surface area contributed by atoms with Crippen LogP contribution in [0.2, 0.25) is 0 Å². The lowest BCUT2D eigenvalue weighted by molar-refractivity contribution is 0.153. The van der Waals surface area contributed by atoms with E-state index in [1.807, 2.05) is 6.92 Å². The van der Waals surface area contributed by atoms with E-state index >= 15 is 0 Å². The van der Waals surface area contributed by atoms with E-state index in [1.165, 1.54) is 0 Å². The van der Waals surface area contributed by atoms with E-state index in [9.17, 15) is 5.11 Å². The Kier molecular flexibility index (Phi) is 2.96. The van der Waals surface area contributed by atoms with Crippen LogP contribution in [0.4, 0.5) is 0 Å². The molecule has 0 aliphatic heterocycles. The molecule has 0 fully saturated rings. The Labute approximate surface area is 108 Å². The maximum absolute atomic E-state index is 9.83. The minimum atomic E-state index is -0.692. The number of hydrogen-bond donors (Lipinski definition) is 1. The van der Waals surface area contributed by atoms with Crippen molar-refractivity contribution in [2.24, 2.45) is 0 Å². The number of rotatable bonds is 4. The summed E-state index contributed by atoms with van der Waals surface area (Å²) >= 11 is 0. The van der Waals surface area contributed by atoms with Gasteiger partial charge in [-0.05, 0) is 6.42 Å². The summed E-state index contributed by atoms with van der Waals surface area (Å²) in [6.07, 6.45) is 7.47. The van der Waals surface area contributed by atoms with Crippen molar-refractivity contribution in [3.8, 4) is 11.5 Å². The van der Waals surface area contributed by atoms with Crippen molar-refractivity contribution < 1.29 is 9.63 Å². The Balaban J connectivity index is 1.98. The third-order valence-electron chi connectivity index (χ3n) is 2.86. The lowest BCUT2D eigenvalue weighted by atomic mass is 10.2. The van der Waals surface area contributed by atoms with Crippen molar-refractivity contribution in [2.45, 2.75) is 25.9 Å². The van der Waals surface area contributed by atoms with Crippen LogP contribution in [-0.2, 0) is 0 Å². The van der Waals surface area contributed by atoms with E-state index in [1.54, 1.807) is 29.3 Å². The normalized spacial score (nSPS) is 12.9. The summed E-state index contributed by atoms with van der Waals surface area (Å²) in [7, 11) is 0. The lowest BCUT2D eigenvalue weighted by Gasteiger charge is -2.01. The summed E-state index contributed by atoms with van der Waals surface area (Å²) in [4.78, 5) is 8.26. The van der Waals surface area contributed by atoms with Gasteiger partial charge in [-0.25, -0.2) is 4.52 Å². The zero-order valence-electron chi connectivity index (χ0n) is 10.4. The van der Waals surface area contributed by atoms with E-state index in [4.69, 9.17) is 4.52 Å². The summed E-state index contributed by atoms with van der Waals surface area (Å²) in [5.41, 5.74) is 1.48. The fourth-order valence-electron chi connectivity index (χ4n) is 1.88. The van der Waals surface area contributed by atoms with Gasteiger partial charge in [0.1, 0.15) is 6.10 Å². The lowest BCUT2D eigenvalue weighted by Crippen LogP contribution is -1.98. The van der Waals surface area contributed by atoms with Crippen LogP contribution in [0, 0.1) is 0 Å². The molecule has 0 saturated heterocycles. The maximum atomic E-state index is 9.83. The van der Waals surface area contributed by atoms with Crippen LogP contribution < -0.4 is 0 Å². The summed E-state index contributed by atoms with van der Waals surface area (Å²) in [6.45, 7) is 1.99. The van der Waals surface area contributed by atoms with Gasteiger partial charge < -0.3 is 9.63 Å². The molecule has 3 aromatic heterocycles. The molecule has 98 valence electrons. The second-order valence-electron chi connectivity index (χ2n) is 4.23. The zero-order valence-corrected chi connectivity index (χ0v) is 10.4. The molecule has 7 nitrogen and oxygen atoms in total. The number of aliphatic hydroxyl groups excluding tert-OH is 1. The summed E-state index contributed by atoms with van der Waals surface area (Å²) in [6, 6.07) is 0. The van der Waals surface area contributed by atoms with Crippen LogP contribution in [0.25, 0.3) is 17.0 Å². The molecular formula is C12H13N5O2. The Morgan fingerprint density at radius 1 is 1.42 bits per heavy atom. The van der Waals surface area contributed by atoms with Gasteiger partial charge in [0.05, 0.1) is 23.5 Å². The minimum absolute atomic E-state index is 0.306. The van der Waals surface area contributed by atoms with E-state index in [-0.39, 0.29) is 0 Å². The van der Waals surface area contributed by atoms with Crippen molar-refractivity contribution in [1.82, 2.24) is 24.7 Å². The molecule has 0 aliphatic carbocycles. The average Bonchev–Trinajstić information content (AvgIpc) is 3.05. The fourth-order valence-corrected chi connectivity index (χ4v) is 1.88. The first kappa shape index (κ1) is 11.8. The average molecular weight is 259 g/mol. The second kappa shape index (κ2) is 4.77. The van der Waals surface area contributed by atoms with Gasteiger partial charge in [-0.3, -0.25) is 4.98 Å². The van der Waals surface area contributed by atoms with Crippen LogP contribution >= 0.6 is 0 Å². The van der Waals surface area contributed by atoms with Gasteiger partial charge in [0.2, 0.25) is 5.82 Å². The van der Waals surface area contributed by atoms with Crippen LogP contribution in [0.3, 0.4) is 0 Å². The highest BCUT2D eigenvalue weighted by molar-refractivity contribution is 5.73. The smallest absolute Gasteiger partial charge is 0.261 e. The molecule has 3 rings (SSSR count). The van der Waals surface area contributed by atoms with Gasteiger partial charge in [-0.2, -0.15) is 10.1 Å². The molecule has 3 heterocycles. The van der Waals surface area contributed by atoms with E-state index in [0.717, 1.165) is 11.9 Å². The van der Waals surface area contributed by atoms with Gasteiger partial charge >= 0.3 is 0 Å². The summed E-state index contributed by atoms with van der Waals surface area (Å²) in [5.74, 6) is 0.647. The highest BCUT2D eigenvalue weighted by Crippen LogP contribution is 2.24. The molecule has 0 aromatic carbocycles. The molecule has 1 N–H and O–H groups in total. The van der Waals surface area contributed by atoms with Gasteiger partial charge in [-0.1, -0.05) is 18.5 Å². The first-order valence-electron chi connectivity index (χ1n) is 6.09. The van der Waals surface area contributed by atoms with Crippen LogP contribution in [0.1, 0.15) is 31.7 Å². The van der Waals surface area contributed by atoms with Gasteiger partial charge in [0.15, 0.2) is 0 Å². The molecule has 1 unspecified atom stereocenters. The topological polar surface area (TPSA) is 89.3 Å². The first-order chi connectivity index (χ1) is 9.29. The maximum Gasteiger partial charge on any atom is 0.261 e. The molecule has 0 spiro atoms. The Bertz CT molecular complexity index is 690.